The molecule has 4 rings (SSSR count). The van der Waals surface area contributed by atoms with E-state index in [2.05, 4.69) is 0 Å². The Morgan fingerprint density at radius 3 is 2.50 bits per heavy atom. The minimum atomic E-state index is -0.339. The van der Waals surface area contributed by atoms with Crippen LogP contribution in [0.5, 0.6) is 17.2 Å². The Morgan fingerprint density at radius 2 is 1.71 bits per heavy atom. The number of aromatic hydroxyl groups is 1. The third-order valence-electron chi connectivity index (χ3n) is 4.41. The van der Waals surface area contributed by atoms with Crippen molar-refractivity contribution in [1.82, 2.24) is 0 Å². The molecule has 28 heavy (non-hydrogen) atoms. The van der Waals surface area contributed by atoms with Crippen molar-refractivity contribution in [2.45, 2.75) is 6.61 Å². The van der Waals surface area contributed by atoms with E-state index < -0.39 is 0 Å². The van der Waals surface area contributed by atoms with Gasteiger partial charge in [-0.1, -0.05) is 42.5 Å². The van der Waals surface area contributed by atoms with Crippen LogP contribution in [0, 0.1) is 0 Å². The molecular formula is C23H18O5. The van der Waals surface area contributed by atoms with Gasteiger partial charge < -0.3 is 19.0 Å². The first kappa shape index (κ1) is 17.7. The largest absolute Gasteiger partial charge is 0.507 e. The molecule has 0 unspecified atom stereocenters. The van der Waals surface area contributed by atoms with Gasteiger partial charge in [-0.25, -0.2) is 0 Å². The second-order valence-electron chi connectivity index (χ2n) is 6.26. The van der Waals surface area contributed by atoms with Crippen molar-refractivity contribution >= 4 is 11.0 Å². The zero-order valence-corrected chi connectivity index (χ0v) is 15.2. The molecule has 1 N–H and O–H groups in total. The molecule has 5 heteroatoms. The van der Waals surface area contributed by atoms with Crippen LogP contribution in [-0.2, 0) is 6.61 Å². The van der Waals surface area contributed by atoms with E-state index in [0.29, 0.717) is 29.4 Å². The summed E-state index contributed by atoms with van der Waals surface area (Å²) in [6.45, 7) is 0.393. The molecule has 0 aliphatic carbocycles. The standard InChI is InChI=1S/C23H18O5/c1-26-16-11-18(24)23-19(25)13-21(28-22(23)12-16)17-9-5-6-10-20(17)27-14-15-7-3-2-4-8-15/h2-13,24H,14H2,1H3. The number of para-hydroxylation sites is 1. The highest BCUT2D eigenvalue weighted by atomic mass is 16.5. The summed E-state index contributed by atoms with van der Waals surface area (Å²) in [5.74, 6) is 1.18. The zero-order valence-electron chi connectivity index (χ0n) is 15.2. The second-order valence-corrected chi connectivity index (χ2v) is 6.26. The maximum Gasteiger partial charge on any atom is 0.197 e. The minimum Gasteiger partial charge on any atom is -0.507 e. The predicted octanol–water partition coefficient (Wildman–Crippen LogP) is 4.75. The van der Waals surface area contributed by atoms with Gasteiger partial charge in [-0.2, -0.15) is 0 Å². The van der Waals surface area contributed by atoms with E-state index >= 15 is 0 Å². The van der Waals surface area contributed by atoms with Gasteiger partial charge in [-0.3, -0.25) is 4.79 Å². The van der Waals surface area contributed by atoms with Gasteiger partial charge in [0.1, 0.15) is 40.6 Å². The summed E-state index contributed by atoms with van der Waals surface area (Å²) >= 11 is 0. The normalized spacial score (nSPS) is 10.8. The molecule has 0 aliphatic heterocycles. The third-order valence-corrected chi connectivity index (χ3v) is 4.41. The molecule has 5 nitrogen and oxygen atoms in total. The summed E-state index contributed by atoms with van der Waals surface area (Å²) in [5, 5.41) is 10.2. The topological polar surface area (TPSA) is 68.9 Å². The predicted molar refractivity (Wildman–Crippen MR) is 107 cm³/mol. The Morgan fingerprint density at radius 1 is 0.964 bits per heavy atom. The van der Waals surface area contributed by atoms with Gasteiger partial charge in [0.2, 0.25) is 0 Å². The Labute approximate surface area is 161 Å². The van der Waals surface area contributed by atoms with E-state index in [9.17, 15) is 9.90 Å². The van der Waals surface area contributed by atoms with E-state index in [0.717, 1.165) is 5.56 Å². The minimum absolute atomic E-state index is 0.118. The lowest BCUT2D eigenvalue weighted by Gasteiger charge is -2.12. The Balaban J connectivity index is 1.77. The number of ether oxygens (including phenoxy) is 2. The van der Waals surface area contributed by atoms with Crippen molar-refractivity contribution < 1.29 is 19.0 Å². The first-order chi connectivity index (χ1) is 13.7. The van der Waals surface area contributed by atoms with Crippen molar-refractivity contribution in [1.29, 1.82) is 0 Å². The molecule has 0 saturated carbocycles. The van der Waals surface area contributed by atoms with Gasteiger partial charge >= 0.3 is 0 Å². The smallest absolute Gasteiger partial charge is 0.197 e. The molecule has 140 valence electrons. The van der Waals surface area contributed by atoms with E-state index in [1.165, 1.54) is 19.2 Å². The highest BCUT2D eigenvalue weighted by Crippen LogP contribution is 2.34. The molecule has 0 aliphatic rings. The Bertz CT molecular complexity index is 1180. The SMILES string of the molecule is COc1cc(O)c2c(=O)cc(-c3ccccc3OCc3ccccc3)oc2c1. The fourth-order valence-electron chi connectivity index (χ4n) is 3.03. The van der Waals surface area contributed by atoms with Gasteiger partial charge in [0.05, 0.1) is 12.7 Å². The molecule has 0 spiro atoms. The van der Waals surface area contributed by atoms with Crippen molar-refractivity contribution in [2.24, 2.45) is 0 Å². The molecule has 0 saturated heterocycles. The molecule has 4 aromatic rings. The van der Waals surface area contributed by atoms with Gasteiger partial charge in [0, 0.05) is 18.2 Å². The molecule has 3 aromatic carbocycles. The summed E-state index contributed by atoms with van der Waals surface area (Å²) in [7, 11) is 1.48. The van der Waals surface area contributed by atoms with Crippen LogP contribution < -0.4 is 14.9 Å². The van der Waals surface area contributed by atoms with Crippen molar-refractivity contribution in [3.8, 4) is 28.6 Å². The lowest BCUT2D eigenvalue weighted by molar-refractivity contribution is 0.307. The van der Waals surface area contributed by atoms with Crippen LogP contribution >= 0.6 is 0 Å². The molecule has 0 amide bonds. The first-order valence-corrected chi connectivity index (χ1v) is 8.76. The molecule has 1 heterocycles. The van der Waals surface area contributed by atoms with Gasteiger partial charge in [-0.05, 0) is 17.7 Å². The van der Waals surface area contributed by atoms with Gasteiger partial charge in [0.25, 0.3) is 0 Å². The summed E-state index contributed by atoms with van der Waals surface area (Å²) < 4.78 is 17.0. The second kappa shape index (κ2) is 7.48. The Kier molecular flexibility index (Phi) is 4.72. The van der Waals surface area contributed by atoms with Gasteiger partial charge in [0.15, 0.2) is 5.43 Å². The van der Waals surface area contributed by atoms with Crippen LogP contribution in [0.2, 0.25) is 0 Å². The average molecular weight is 374 g/mol. The summed E-state index contributed by atoms with van der Waals surface area (Å²) in [5.41, 5.74) is 1.60. The highest BCUT2D eigenvalue weighted by molar-refractivity contribution is 5.86. The Hall–Kier alpha value is -3.73. The fourth-order valence-corrected chi connectivity index (χ4v) is 3.03. The molecule has 1 aromatic heterocycles. The number of hydrogen-bond donors (Lipinski definition) is 1. The summed E-state index contributed by atoms with van der Waals surface area (Å²) in [6.07, 6.45) is 0. The summed E-state index contributed by atoms with van der Waals surface area (Å²) in [6, 6.07) is 21.5. The highest BCUT2D eigenvalue weighted by Gasteiger charge is 2.15. The van der Waals surface area contributed by atoms with Crippen LogP contribution in [0.3, 0.4) is 0 Å². The average Bonchev–Trinajstić information content (AvgIpc) is 2.72. The van der Waals surface area contributed by atoms with Crippen LogP contribution in [0.25, 0.3) is 22.3 Å². The number of phenolic OH excluding ortho intramolecular Hbond substituents is 1. The quantitative estimate of drug-likeness (QED) is 0.546. The molecular weight excluding hydrogens is 356 g/mol. The number of methoxy groups -OCH3 is 1. The van der Waals surface area contributed by atoms with Crippen LogP contribution in [-0.4, -0.2) is 12.2 Å². The number of rotatable bonds is 5. The van der Waals surface area contributed by atoms with E-state index in [4.69, 9.17) is 13.9 Å². The van der Waals surface area contributed by atoms with Crippen molar-refractivity contribution in [3.05, 3.63) is 88.6 Å². The van der Waals surface area contributed by atoms with E-state index in [1.54, 1.807) is 6.07 Å². The first-order valence-electron chi connectivity index (χ1n) is 8.76. The third kappa shape index (κ3) is 3.42. The zero-order chi connectivity index (χ0) is 19.5. The molecule has 0 bridgehead atoms. The number of hydrogen-bond acceptors (Lipinski definition) is 5. The monoisotopic (exact) mass is 374 g/mol. The summed E-state index contributed by atoms with van der Waals surface area (Å²) in [4.78, 5) is 12.6. The van der Waals surface area contributed by atoms with Crippen LogP contribution in [0.4, 0.5) is 0 Å². The number of benzene rings is 3. The van der Waals surface area contributed by atoms with Gasteiger partial charge in [-0.15, -0.1) is 0 Å². The number of phenols is 1. The fraction of sp³-hybridized carbons (Fsp3) is 0.0870. The van der Waals surface area contributed by atoms with Crippen molar-refractivity contribution in [2.75, 3.05) is 7.11 Å². The lowest BCUT2D eigenvalue weighted by Crippen LogP contribution is -2.02. The lowest BCUT2D eigenvalue weighted by atomic mass is 10.1. The van der Waals surface area contributed by atoms with E-state index in [-0.39, 0.29) is 22.1 Å². The molecule has 0 fully saturated rings. The van der Waals surface area contributed by atoms with Crippen molar-refractivity contribution in [3.63, 3.8) is 0 Å². The van der Waals surface area contributed by atoms with E-state index in [1.807, 2.05) is 54.6 Å². The number of fused-ring (bicyclic) bond motifs is 1. The molecule has 0 atom stereocenters. The van der Waals surface area contributed by atoms with Crippen LogP contribution in [0.15, 0.2) is 82.0 Å². The maximum atomic E-state index is 12.6. The maximum absolute atomic E-state index is 12.6. The van der Waals surface area contributed by atoms with Crippen LogP contribution in [0.1, 0.15) is 5.56 Å². The molecule has 0 radical (unpaired) electrons.